The van der Waals surface area contributed by atoms with Crippen LogP contribution >= 0.6 is 0 Å². The van der Waals surface area contributed by atoms with E-state index >= 15 is 0 Å². The molecule has 0 amide bonds. The Hall–Kier alpha value is -6.59. The normalized spacial score (nSPS) is 20.1. The fraction of sp³-hybridized carbons (Fsp3) is 0.140. The summed E-state index contributed by atoms with van der Waals surface area (Å²) in [5, 5.41) is 0. The number of para-hydroxylation sites is 2. The molecule has 5 heteroatoms. The molecule has 0 saturated heterocycles. The van der Waals surface area contributed by atoms with E-state index in [9.17, 15) is 4.79 Å². The van der Waals surface area contributed by atoms with Gasteiger partial charge in [-0.15, -0.1) is 0 Å². The van der Waals surface area contributed by atoms with Crippen molar-refractivity contribution >= 4 is 28.5 Å². The van der Waals surface area contributed by atoms with E-state index in [0.717, 1.165) is 71.4 Å². The van der Waals surface area contributed by atoms with Gasteiger partial charge in [-0.25, -0.2) is 0 Å². The quantitative estimate of drug-likeness (QED) is 0.178. The van der Waals surface area contributed by atoms with E-state index in [1.165, 1.54) is 39.1 Å². The van der Waals surface area contributed by atoms with E-state index in [0.29, 0.717) is 17.7 Å². The molecule has 4 aliphatic carbocycles. The number of fused-ring (bicyclic) bond motifs is 13. The SMILES string of the molecule is O=C1c2cc(N3c4ccccc4C4(c5ccccc5-c5c4ccc4c5N(C5=CC=CCC5)C5=C(CCC=C5)O4)c4ccccc43)ccc2OC2=CC=CCC12. The summed E-state index contributed by atoms with van der Waals surface area (Å²) in [4.78, 5) is 18.8. The lowest BCUT2D eigenvalue weighted by molar-refractivity contribution is 0.0892. The van der Waals surface area contributed by atoms with Crippen molar-refractivity contribution in [3.63, 3.8) is 0 Å². The topological polar surface area (TPSA) is 42.0 Å². The first-order chi connectivity index (χ1) is 27.2. The van der Waals surface area contributed by atoms with Gasteiger partial charge in [-0.2, -0.15) is 0 Å². The average molecular weight is 713 g/mol. The minimum Gasteiger partial charge on any atom is -0.460 e. The van der Waals surface area contributed by atoms with Crippen molar-refractivity contribution < 1.29 is 14.3 Å². The summed E-state index contributed by atoms with van der Waals surface area (Å²) in [6.45, 7) is 0. The molecular formula is C50H36N2O3. The van der Waals surface area contributed by atoms with Gasteiger partial charge < -0.3 is 19.3 Å². The number of ketones is 1. The van der Waals surface area contributed by atoms with Crippen LogP contribution in [0.5, 0.6) is 11.5 Å². The molecule has 5 aromatic rings. The van der Waals surface area contributed by atoms with Crippen LogP contribution in [0.3, 0.4) is 0 Å². The van der Waals surface area contributed by atoms with Crippen LogP contribution in [-0.4, -0.2) is 5.78 Å². The molecule has 3 heterocycles. The van der Waals surface area contributed by atoms with Gasteiger partial charge in [0.05, 0.1) is 39.7 Å². The van der Waals surface area contributed by atoms with Crippen molar-refractivity contribution in [1.82, 2.24) is 0 Å². The molecule has 55 heavy (non-hydrogen) atoms. The number of carbonyl (C=O) groups excluding carboxylic acids is 1. The molecule has 0 N–H and O–H groups in total. The number of ether oxygens (including phenoxy) is 2. The van der Waals surface area contributed by atoms with E-state index in [-0.39, 0.29) is 11.7 Å². The number of anilines is 4. The van der Waals surface area contributed by atoms with Crippen molar-refractivity contribution in [1.29, 1.82) is 0 Å². The van der Waals surface area contributed by atoms with E-state index in [2.05, 4.69) is 131 Å². The molecule has 264 valence electrons. The smallest absolute Gasteiger partial charge is 0.177 e. The molecule has 1 atom stereocenters. The number of carbonyl (C=O) groups is 1. The molecule has 12 rings (SSSR count). The predicted octanol–water partition coefficient (Wildman–Crippen LogP) is 11.9. The monoisotopic (exact) mass is 712 g/mol. The van der Waals surface area contributed by atoms with Gasteiger partial charge in [0, 0.05) is 23.4 Å². The maximum atomic E-state index is 14.0. The molecule has 7 aliphatic rings. The Morgan fingerprint density at radius 2 is 1.38 bits per heavy atom. The zero-order valence-electron chi connectivity index (χ0n) is 30.2. The fourth-order valence-corrected chi connectivity index (χ4v) is 10.2. The molecule has 5 nitrogen and oxygen atoms in total. The van der Waals surface area contributed by atoms with Gasteiger partial charge in [-0.3, -0.25) is 4.79 Å². The summed E-state index contributed by atoms with van der Waals surface area (Å²) in [5.41, 5.74) is 14.0. The number of Topliss-reactive ketones (excluding diaryl/α,β-unsaturated/α-hetero) is 1. The number of nitrogens with zero attached hydrogens (tertiary/aromatic N) is 2. The van der Waals surface area contributed by atoms with Crippen molar-refractivity contribution in [3.05, 3.63) is 202 Å². The van der Waals surface area contributed by atoms with E-state index < -0.39 is 5.41 Å². The van der Waals surface area contributed by atoms with Crippen LogP contribution in [0.1, 0.15) is 64.7 Å². The molecule has 0 bridgehead atoms. The molecule has 3 aliphatic heterocycles. The van der Waals surface area contributed by atoms with Crippen LogP contribution in [0.15, 0.2) is 175 Å². The van der Waals surface area contributed by atoms with Gasteiger partial charge in [0.25, 0.3) is 0 Å². The third kappa shape index (κ3) is 4.10. The van der Waals surface area contributed by atoms with Crippen molar-refractivity contribution in [2.45, 2.75) is 37.5 Å². The van der Waals surface area contributed by atoms with Gasteiger partial charge in [-0.05, 0) is 108 Å². The van der Waals surface area contributed by atoms with Crippen molar-refractivity contribution in [2.24, 2.45) is 5.92 Å². The van der Waals surface area contributed by atoms with Crippen LogP contribution in [-0.2, 0) is 5.41 Å². The molecule has 5 aromatic carbocycles. The van der Waals surface area contributed by atoms with E-state index in [1.54, 1.807) is 0 Å². The first-order valence-corrected chi connectivity index (χ1v) is 19.4. The number of hydrogen-bond acceptors (Lipinski definition) is 5. The third-order valence-corrected chi connectivity index (χ3v) is 12.5. The number of benzene rings is 5. The first kappa shape index (κ1) is 30.8. The largest absolute Gasteiger partial charge is 0.460 e. The van der Waals surface area contributed by atoms with Gasteiger partial charge in [0.1, 0.15) is 17.3 Å². The highest BCUT2D eigenvalue weighted by molar-refractivity contribution is 6.06. The first-order valence-electron chi connectivity index (χ1n) is 19.4. The Balaban J connectivity index is 1.11. The zero-order valence-corrected chi connectivity index (χ0v) is 30.2. The van der Waals surface area contributed by atoms with Gasteiger partial charge >= 0.3 is 0 Å². The highest BCUT2D eigenvalue weighted by Gasteiger charge is 2.53. The average Bonchev–Trinajstić information content (AvgIpc) is 3.54. The number of hydrogen-bond donors (Lipinski definition) is 0. The fourth-order valence-electron chi connectivity index (χ4n) is 10.2. The Kier molecular flexibility index (Phi) is 6.42. The molecular weight excluding hydrogens is 677 g/mol. The van der Waals surface area contributed by atoms with Gasteiger partial charge in [0.2, 0.25) is 0 Å². The van der Waals surface area contributed by atoms with Gasteiger partial charge in [-0.1, -0.05) is 97.1 Å². The lowest BCUT2D eigenvalue weighted by Gasteiger charge is -2.45. The summed E-state index contributed by atoms with van der Waals surface area (Å²) in [5.74, 6) is 3.12. The summed E-state index contributed by atoms with van der Waals surface area (Å²) < 4.78 is 13.2. The molecule has 0 radical (unpaired) electrons. The van der Waals surface area contributed by atoms with Crippen LogP contribution in [0.4, 0.5) is 22.7 Å². The van der Waals surface area contributed by atoms with Crippen molar-refractivity contribution in [3.8, 4) is 22.6 Å². The summed E-state index contributed by atoms with van der Waals surface area (Å²) in [6, 6.07) is 37.3. The molecule has 0 aromatic heterocycles. The molecule has 0 saturated carbocycles. The van der Waals surface area contributed by atoms with E-state index in [4.69, 9.17) is 9.47 Å². The Labute approximate surface area is 320 Å². The molecule has 1 unspecified atom stereocenters. The number of rotatable bonds is 2. The summed E-state index contributed by atoms with van der Waals surface area (Å²) >= 11 is 0. The predicted molar refractivity (Wildman–Crippen MR) is 217 cm³/mol. The highest BCUT2D eigenvalue weighted by atomic mass is 16.5. The van der Waals surface area contributed by atoms with Crippen LogP contribution in [0.2, 0.25) is 0 Å². The second kappa shape index (κ2) is 11.5. The third-order valence-electron chi connectivity index (χ3n) is 12.5. The Bertz CT molecular complexity index is 2690. The zero-order chi connectivity index (χ0) is 36.3. The van der Waals surface area contributed by atoms with Gasteiger partial charge in [0.15, 0.2) is 11.5 Å². The second-order valence-corrected chi connectivity index (χ2v) is 15.2. The Morgan fingerprint density at radius 3 is 2.20 bits per heavy atom. The molecule has 1 spiro atoms. The minimum absolute atomic E-state index is 0.110. The molecule has 0 fully saturated rings. The Morgan fingerprint density at radius 1 is 0.636 bits per heavy atom. The van der Waals surface area contributed by atoms with E-state index in [1.807, 2.05) is 30.4 Å². The maximum Gasteiger partial charge on any atom is 0.177 e. The maximum absolute atomic E-state index is 14.0. The van der Waals surface area contributed by atoms with Crippen LogP contribution in [0, 0.1) is 5.92 Å². The number of allylic oxidation sites excluding steroid dienone is 11. The lowest BCUT2D eigenvalue weighted by atomic mass is 9.64. The minimum atomic E-state index is -0.616. The van der Waals surface area contributed by atoms with Crippen molar-refractivity contribution in [2.75, 3.05) is 9.80 Å². The summed E-state index contributed by atoms with van der Waals surface area (Å²) in [7, 11) is 0. The second-order valence-electron chi connectivity index (χ2n) is 15.2. The highest BCUT2D eigenvalue weighted by Crippen LogP contribution is 2.66. The summed E-state index contributed by atoms with van der Waals surface area (Å²) in [6.07, 6.45) is 21.7. The van der Waals surface area contributed by atoms with Crippen LogP contribution in [0.25, 0.3) is 11.1 Å². The van der Waals surface area contributed by atoms with Crippen LogP contribution < -0.4 is 19.3 Å². The lowest BCUT2D eigenvalue weighted by Crippen LogP contribution is -2.36. The standard InChI is InChI=1S/C50H36N2O3/c53-49-34-17-5-12-24-43(34)54-44-28-26-32(30-35(44)49)51-40-21-9-7-19-37(40)50(38-20-8-10-22-41(38)51)36-18-6-4-16-33(36)47-39(50)27-29-46-48(47)52(31-14-2-1-3-15-31)42-23-11-13-25-45(42)55-46/h1-2,4-12,14,16,18-24,26-30,34H,3,13,15,17,25H2.